The van der Waals surface area contributed by atoms with E-state index in [9.17, 15) is 22.8 Å². The fourth-order valence-corrected chi connectivity index (χ4v) is 3.42. The molecule has 4 nitrogen and oxygen atoms in total. The lowest BCUT2D eigenvalue weighted by molar-refractivity contribution is -0.189. The first-order chi connectivity index (χ1) is 9.79. The van der Waals surface area contributed by atoms with Crippen LogP contribution in [0.15, 0.2) is 10.2 Å². The summed E-state index contributed by atoms with van der Waals surface area (Å²) in [7, 11) is 0. The van der Waals surface area contributed by atoms with Crippen LogP contribution in [-0.2, 0) is 11.3 Å². The highest BCUT2D eigenvalue weighted by Gasteiger charge is 2.45. The molecule has 118 valence electrons. The lowest BCUT2D eigenvalue weighted by Gasteiger charge is -2.33. The van der Waals surface area contributed by atoms with Crippen molar-refractivity contribution in [2.45, 2.75) is 51.4 Å². The molecule has 0 aliphatic heterocycles. The van der Waals surface area contributed by atoms with Crippen LogP contribution < -0.4 is 10.2 Å². The zero-order valence-corrected chi connectivity index (χ0v) is 12.4. The summed E-state index contributed by atoms with van der Waals surface area (Å²) >= 11 is 0.971. The number of nitrogens with zero attached hydrogens (tertiary/aromatic N) is 1. The Labute approximate surface area is 124 Å². The molecular weight excluding hydrogens is 305 g/mol. The third-order valence-corrected chi connectivity index (χ3v) is 4.69. The predicted octanol–water partition coefficient (Wildman–Crippen LogP) is 2.46. The average molecular weight is 322 g/mol. The van der Waals surface area contributed by atoms with E-state index in [1.54, 1.807) is 12.3 Å². The Kier molecular flexibility index (Phi) is 4.75. The van der Waals surface area contributed by atoms with Crippen molar-refractivity contribution in [1.82, 2.24) is 9.88 Å². The van der Waals surface area contributed by atoms with Gasteiger partial charge in [-0.1, -0.05) is 24.2 Å². The number of halogens is 3. The van der Waals surface area contributed by atoms with E-state index in [0.29, 0.717) is 25.0 Å². The van der Waals surface area contributed by atoms with E-state index in [2.05, 4.69) is 5.32 Å². The molecule has 0 radical (unpaired) electrons. The van der Waals surface area contributed by atoms with Gasteiger partial charge in [0, 0.05) is 17.1 Å². The number of amides is 1. The maximum atomic E-state index is 12.9. The normalized spacial score (nSPS) is 23.0. The molecule has 1 amide bonds. The second-order valence-electron chi connectivity index (χ2n) is 5.34. The van der Waals surface area contributed by atoms with Gasteiger partial charge in [0.2, 0.25) is 5.91 Å². The van der Waals surface area contributed by atoms with Gasteiger partial charge in [-0.05, 0) is 19.8 Å². The minimum atomic E-state index is -4.30. The first kappa shape index (κ1) is 16.1. The summed E-state index contributed by atoms with van der Waals surface area (Å²) in [6, 6.07) is -0.888. The summed E-state index contributed by atoms with van der Waals surface area (Å²) in [6.45, 7) is 1.46. The van der Waals surface area contributed by atoms with Gasteiger partial charge in [0.15, 0.2) is 0 Å². The molecule has 1 aliphatic carbocycles. The smallest absolute Gasteiger partial charge is 0.351 e. The number of aryl methyl sites for hydroxylation is 1. The number of thiazole rings is 1. The number of alkyl halides is 3. The van der Waals surface area contributed by atoms with Gasteiger partial charge in [-0.15, -0.1) is 0 Å². The van der Waals surface area contributed by atoms with Gasteiger partial charge < -0.3 is 5.32 Å². The van der Waals surface area contributed by atoms with E-state index in [0.717, 1.165) is 11.3 Å². The van der Waals surface area contributed by atoms with Crippen molar-refractivity contribution in [2.75, 3.05) is 0 Å². The maximum Gasteiger partial charge on any atom is 0.393 e. The van der Waals surface area contributed by atoms with Crippen molar-refractivity contribution in [3.05, 3.63) is 20.7 Å². The largest absolute Gasteiger partial charge is 0.393 e. The summed E-state index contributed by atoms with van der Waals surface area (Å²) in [5.74, 6) is -2.03. The van der Waals surface area contributed by atoms with Crippen LogP contribution in [0.4, 0.5) is 13.2 Å². The molecule has 1 aliphatic rings. The first-order valence-corrected chi connectivity index (χ1v) is 7.68. The first-order valence-electron chi connectivity index (χ1n) is 6.80. The molecule has 1 aromatic rings. The molecule has 8 heteroatoms. The van der Waals surface area contributed by atoms with E-state index in [4.69, 9.17) is 0 Å². The van der Waals surface area contributed by atoms with E-state index in [-0.39, 0.29) is 17.8 Å². The Morgan fingerprint density at radius 2 is 2.10 bits per heavy atom. The van der Waals surface area contributed by atoms with E-state index < -0.39 is 24.0 Å². The molecule has 2 atom stereocenters. The van der Waals surface area contributed by atoms with Gasteiger partial charge in [-0.3, -0.25) is 14.2 Å². The van der Waals surface area contributed by atoms with Crippen molar-refractivity contribution < 1.29 is 18.0 Å². The summed E-state index contributed by atoms with van der Waals surface area (Å²) < 4.78 is 40.1. The molecule has 0 saturated heterocycles. The summed E-state index contributed by atoms with van der Waals surface area (Å²) in [4.78, 5) is 23.2. The summed E-state index contributed by atoms with van der Waals surface area (Å²) in [5.41, 5.74) is 0.635. The second kappa shape index (κ2) is 6.21. The maximum absolute atomic E-state index is 12.9. The molecule has 21 heavy (non-hydrogen) atoms. The highest BCUT2D eigenvalue weighted by atomic mass is 32.1. The van der Waals surface area contributed by atoms with Gasteiger partial charge >= 0.3 is 11.0 Å². The van der Waals surface area contributed by atoms with Crippen molar-refractivity contribution >= 4 is 17.2 Å². The van der Waals surface area contributed by atoms with Crippen LogP contribution in [0.2, 0.25) is 0 Å². The predicted molar refractivity (Wildman–Crippen MR) is 73.3 cm³/mol. The molecule has 2 rings (SSSR count). The van der Waals surface area contributed by atoms with Crippen molar-refractivity contribution in [1.29, 1.82) is 0 Å². The molecule has 0 bridgehead atoms. The fourth-order valence-electron chi connectivity index (χ4n) is 2.69. The second-order valence-corrected chi connectivity index (χ2v) is 6.16. The van der Waals surface area contributed by atoms with Crippen LogP contribution in [0.25, 0.3) is 0 Å². The Balaban J connectivity index is 2.02. The topological polar surface area (TPSA) is 51.1 Å². The third kappa shape index (κ3) is 3.87. The summed E-state index contributed by atoms with van der Waals surface area (Å²) in [6.07, 6.45) is -2.72. The lowest BCUT2D eigenvalue weighted by Crippen LogP contribution is -2.48. The SMILES string of the molecule is Cc1csc(=O)n1CC(=O)N[C@@H]1CCCC[C@H]1C(F)(F)F. The number of aromatic nitrogens is 1. The minimum Gasteiger partial charge on any atom is -0.351 e. The van der Waals surface area contributed by atoms with Crippen LogP contribution >= 0.6 is 11.3 Å². The molecule has 0 spiro atoms. The van der Waals surface area contributed by atoms with Crippen molar-refractivity contribution in [3.63, 3.8) is 0 Å². The van der Waals surface area contributed by atoms with Crippen LogP contribution in [0, 0.1) is 12.8 Å². The van der Waals surface area contributed by atoms with Gasteiger partial charge in [0.25, 0.3) is 0 Å². The Morgan fingerprint density at radius 3 is 2.67 bits per heavy atom. The number of hydrogen-bond donors (Lipinski definition) is 1. The lowest BCUT2D eigenvalue weighted by atomic mass is 9.84. The van der Waals surface area contributed by atoms with Gasteiger partial charge in [0.1, 0.15) is 6.54 Å². The Hall–Kier alpha value is -1.31. The number of nitrogens with one attached hydrogen (secondary N) is 1. The molecule has 1 saturated carbocycles. The molecule has 1 aromatic heterocycles. The van der Waals surface area contributed by atoms with E-state index >= 15 is 0 Å². The Bertz CT molecular complexity index is 564. The molecule has 0 unspecified atom stereocenters. The van der Waals surface area contributed by atoms with E-state index in [1.165, 1.54) is 4.57 Å². The fraction of sp³-hybridized carbons (Fsp3) is 0.692. The monoisotopic (exact) mass is 322 g/mol. The van der Waals surface area contributed by atoms with Gasteiger partial charge in [0.05, 0.1) is 5.92 Å². The zero-order chi connectivity index (χ0) is 15.6. The number of carbonyl (C=O) groups is 1. The van der Waals surface area contributed by atoms with Gasteiger partial charge in [-0.25, -0.2) is 0 Å². The Morgan fingerprint density at radius 1 is 1.43 bits per heavy atom. The summed E-state index contributed by atoms with van der Waals surface area (Å²) in [5, 5.41) is 4.07. The average Bonchev–Trinajstić information content (AvgIpc) is 2.70. The molecule has 1 N–H and O–H groups in total. The number of hydrogen-bond acceptors (Lipinski definition) is 3. The van der Waals surface area contributed by atoms with Crippen LogP contribution in [0.5, 0.6) is 0 Å². The molecule has 1 heterocycles. The highest BCUT2D eigenvalue weighted by Crippen LogP contribution is 2.37. The molecule has 0 aromatic carbocycles. The van der Waals surface area contributed by atoms with Crippen LogP contribution in [0.3, 0.4) is 0 Å². The quantitative estimate of drug-likeness (QED) is 0.929. The number of rotatable bonds is 3. The minimum absolute atomic E-state index is 0.0475. The van der Waals surface area contributed by atoms with Crippen molar-refractivity contribution in [3.8, 4) is 0 Å². The van der Waals surface area contributed by atoms with Crippen molar-refractivity contribution in [2.24, 2.45) is 5.92 Å². The van der Waals surface area contributed by atoms with Gasteiger partial charge in [-0.2, -0.15) is 13.2 Å². The molecular formula is C13H17F3N2O2S. The third-order valence-electron chi connectivity index (χ3n) is 3.81. The highest BCUT2D eigenvalue weighted by molar-refractivity contribution is 7.07. The van der Waals surface area contributed by atoms with E-state index in [1.807, 2.05) is 0 Å². The standard InChI is InChI=1S/C13H17F3N2O2S/c1-8-7-21-12(20)18(8)6-11(19)17-10-5-3-2-4-9(10)13(14,15)16/h7,9-10H,2-6H2,1H3,(H,17,19)/t9-,10-/m1/s1. The van der Waals surface area contributed by atoms with Crippen LogP contribution in [-0.4, -0.2) is 22.7 Å². The van der Waals surface area contributed by atoms with Crippen LogP contribution in [0.1, 0.15) is 31.4 Å². The number of carbonyl (C=O) groups excluding carboxylic acids is 1. The zero-order valence-electron chi connectivity index (χ0n) is 11.6. The molecule has 1 fully saturated rings.